The Labute approximate surface area is 123 Å². The zero-order valence-corrected chi connectivity index (χ0v) is 13.1. The maximum atomic E-state index is 5.70. The molecule has 2 aliphatic rings. The van der Waals surface area contributed by atoms with Crippen molar-refractivity contribution in [2.24, 2.45) is 16.8 Å². The van der Waals surface area contributed by atoms with Crippen LogP contribution in [0.15, 0.2) is 4.99 Å². The van der Waals surface area contributed by atoms with E-state index in [2.05, 4.69) is 29.1 Å². The maximum Gasteiger partial charge on any atom is 0.208 e. The molecule has 3 N–H and O–H groups in total. The topological polar surface area (TPSA) is 56.9 Å². The average Bonchev–Trinajstić information content (AvgIpc) is 2.46. The molecule has 0 aromatic carbocycles. The number of piperazine rings is 1. The van der Waals surface area contributed by atoms with Crippen LogP contribution in [0.1, 0.15) is 46.0 Å². The minimum absolute atomic E-state index is 0.475. The highest BCUT2D eigenvalue weighted by Gasteiger charge is 2.21. The minimum atomic E-state index is 0.475. The first-order chi connectivity index (χ1) is 9.69. The zero-order chi connectivity index (χ0) is 14.4. The number of rotatable bonds is 3. The molecule has 1 aliphatic heterocycles. The highest BCUT2D eigenvalue weighted by Crippen LogP contribution is 2.20. The Balaban J connectivity index is 1.84. The van der Waals surface area contributed by atoms with E-state index in [1.807, 2.05) is 0 Å². The van der Waals surface area contributed by atoms with Crippen molar-refractivity contribution in [1.82, 2.24) is 15.2 Å². The second-order valence-electron chi connectivity index (χ2n) is 6.57. The van der Waals surface area contributed by atoms with Gasteiger partial charge < -0.3 is 4.90 Å². The third-order valence-electron chi connectivity index (χ3n) is 4.30. The highest BCUT2D eigenvalue weighted by molar-refractivity contribution is 5.79. The van der Waals surface area contributed by atoms with Crippen LogP contribution in [0.2, 0.25) is 0 Å². The van der Waals surface area contributed by atoms with Gasteiger partial charge in [-0.3, -0.25) is 10.3 Å². The summed E-state index contributed by atoms with van der Waals surface area (Å²) in [4.78, 5) is 9.70. The molecule has 2 rings (SSSR count). The third-order valence-corrected chi connectivity index (χ3v) is 4.30. The Morgan fingerprint density at radius 2 is 1.80 bits per heavy atom. The molecule has 0 bridgehead atoms. The lowest BCUT2D eigenvalue weighted by Crippen LogP contribution is -2.54. The van der Waals surface area contributed by atoms with Crippen LogP contribution in [-0.2, 0) is 0 Å². The predicted octanol–water partition coefficient (Wildman–Crippen LogP) is 1.41. The van der Waals surface area contributed by atoms with E-state index in [1.165, 1.54) is 38.6 Å². The fourth-order valence-electron chi connectivity index (χ4n) is 3.25. The largest absolute Gasteiger partial charge is 0.339 e. The number of nitrogens with zero attached hydrogens (tertiary/aromatic N) is 3. The lowest BCUT2D eigenvalue weighted by Gasteiger charge is -2.37. The first kappa shape index (κ1) is 15.6. The fourth-order valence-corrected chi connectivity index (χ4v) is 3.25. The number of aliphatic imine (C=N–C) groups is 1. The van der Waals surface area contributed by atoms with E-state index in [9.17, 15) is 0 Å². The second-order valence-corrected chi connectivity index (χ2v) is 6.57. The SMILES string of the molecule is CC(C)CN1CCN(C(=NC2CCCCC2)NN)CC1. The van der Waals surface area contributed by atoms with Crippen LogP contribution in [0.25, 0.3) is 0 Å². The second kappa shape index (κ2) is 7.84. The quantitative estimate of drug-likeness (QED) is 0.355. The van der Waals surface area contributed by atoms with Gasteiger partial charge in [0.25, 0.3) is 0 Å². The summed E-state index contributed by atoms with van der Waals surface area (Å²) in [6.07, 6.45) is 6.44. The van der Waals surface area contributed by atoms with Crippen LogP contribution in [0.5, 0.6) is 0 Å². The lowest BCUT2D eigenvalue weighted by molar-refractivity contribution is 0.163. The zero-order valence-electron chi connectivity index (χ0n) is 13.1. The minimum Gasteiger partial charge on any atom is -0.339 e. The molecule has 0 aromatic heterocycles. The van der Waals surface area contributed by atoms with Crippen LogP contribution in [0, 0.1) is 5.92 Å². The number of hydrogen-bond acceptors (Lipinski definition) is 3. The monoisotopic (exact) mass is 281 g/mol. The summed E-state index contributed by atoms with van der Waals surface area (Å²) in [7, 11) is 0. The number of hydrazine groups is 1. The molecule has 1 aliphatic carbocycles. The molecule has 0 atom stereocenters. The van der Waals surface area contributed by atoms with E-state index in [-0.39, 0.29) is 0 Å². The molecule has 116 valence electrons. The molecule has 1 saturated heterocycles. The Hall–Kier alpha value is -0.810. The molecule has 1 saturated carbocycles. The summed E-state index contributed by atoms with van der Waals surface area (Å²) < 4.78 is 0. The van der Waals surface area contributed by atoms with Gasteiger partial charge in [-0.15, -0.1) is 0 Å². The average molecular weight is 281 g/mol. The van der Waals surface area contributed by atoms with Gasteiger partial charge in [-0.25, -0.2) is 10.8 Å². The van der Waals surface area contributed by atoms with Gasteiger partial charge in [0.2, 0.25) is 5.96 Å². The molecule has 0 aromatic rings. The lowest BCUT2D eigenvalue weighted by atomic mass is 9.96. The van der Waals surface area contributed by atoms with Crippen molar-refractivity contribution in [3.05, 3.63) is 0 Å². The molecular weight excluding hydrogens is 250 g/mol. The highest BCUT2D eigenvalue weighted by atomic mass is 15.4. The van der Waals surface area contributed by atoms with E-state index in [0.29, 0.717) is 6.04 Å². The van der Waals surface area contributed by atoms with Crippen LogP contribution in [0.3, 0.4) is 0 Å². The van der Waals surface area contributed by atoms with Crippen molar-refractivity contribution in [2.75, 3.05) is 32.7 Å². The standard InChI is InChI=1S/C15H31N5/c1-13(2)12-19-8-10-20(11-9-19)15(18-16)17-14-6-4-3-5-7-14/h13-14H,3-12,16H2,1-2H3,(H,17,18). The molecule has 5 heteroatoms. The van der Waals surface area contributed by atoms with Crippen molar-refractivity contribution < 1.29 is 0 Å². The smallest absolute Gasteiger partial charge is 0.208 e. The Kier molecular flexibility index (Phi) is 6.10. The summed E-state index contributed by atoms with van der Waals surface area (Å²) >= 11 is 0. The fraction of sp³-hybridized carbons (Fsp3) is 0.933. The van der Waals surface area contributed by atoms with Crippen LogP contribution < -0.4 is 11.3 Å². The van der Waals surface area contributed by atoms with Gasteiger partial charge in [-0.05, 0) is 18.8 Å². The third kappa shape index (κ3) is 4.63. The number of guanidine groups is 1. The van der Waals surface area contributed by atoms with Gasteiger partial charge >= 0.3 is 0 Å². The predicted molar refractivity (Wildman–Crippen MR) is 84.5 cm³/mol. The molecule has 0 radical (unpaired) electrons. The van der Waals surface area contributed by atoms with Crippen LogP contribution in [-0.4, -0.2) is 54.5 Å². The number of hydrogen-bond donors (Lipinski definition) is 2. The first-order valence-electron chi connectivity index (χ1n) is 8.20. The Morgan fingerprint density at radius 3 is 2.35 bits per heavy atom. The molecular formula is C15H31N5. The summed E-state index contributed by atoms with van der Waals surface area (Å²) in [6, 6.07) is 0.475. The summed E-state index contributed by atoms with van der Waals surface area (Å²) in [5.74, 6) is 7.34. The van der Waals surface area contributed by atoms with Crippen LogP contribution >= 0.6 is 0 Å². The van der Waals surface area contributed by atoms with Gasteiger partial charge in [0.1, 0.15) is 0 Å². The number of nitrogens with two attached hydrogens (primary N) is 1. The Bertz CT molecular complexity index is 301. The molecule has 0 spiro atoms. The van der Waals surface area contributed by atoms with Crippen molar-refractivity contribution in [3.63, 3.8) is 0 Å². The normalized spacial score (nSPS) is 23.4. The number of nitrogens with one attached hydrogen (secondary N) is 1. The van der Waals surface area contributed by atoms with E-state index in [4.69, 9.17) is 10.8 Å². The van der Waals surface area contributed by atoms with Gasteiger partial charge in [0.15, 0.2) is 0 Å². The van der Waals surface area contributed by atoms with E-state index in [1.54, 1.807) is 0 Å². The molecule has 1 heterocycles. The van der Waals surface area contributed by atoms with Gasteiger partial charge in [-0.1, -0.05) is 33.1 Å². The van der Waals surface area contributed by atoms with Crippen molar-refractivity contribution in [3.8, 4) is 0 Å². The molecule has 0 amide bonds. The summed E-state index contributed by atoms with van der Waals surface area (Å²) in [6.45, 7) is 10.0. The molecule has 5 nitrogen and oxygen atoms in total. The molecule has 2 fully saturated rings. The molecule has 0 unspecified atom stereocenters. The van der Waals surface area contributed by atoms with Crippen LogP contribution in [0.4, 0.5) is 0 Å². The van der Waals surface area contributed by atoms with Gasteiger partial charge in [-0.2, -0.15) is 0 Å². The Morgan fingerprint density at radius 1 is 1.15 bits per heavy atom. The van der Waals surface area contributed by atoms with Crippen molar-refractivity contribution in [1.29, 1.82) is 0 Å². The van der Waals surface area contributed by atoms with Crippen molar-refractivity contribution >= 4 is 5.96 Å². The van der Waals surface area contributed by atoms with Crippen molar-refractivity contribution in [2.45, 2.75) is 52.0 Å². The van der Waals surface area contributed by atoms with Gasteiger partial charge in [0.05, 0.1) is 6.04 Å². The van der Waals surface area contributed by atoms with E-state index >= 15 is 0 Å². The summed E-state index contributed by atoms with van der Waals surface area (Å²) in [5.41, 5.74) is 2.83. The maximum absolute atomic E-state index is 5.70. The van der Waals surface area contributed by atoms with Gasteiger partial charge in [0, 0.05) is 32.7 Å². The van der Waals surface area contributed by atoms with E-state index in [0.717, 1.165) is 38.1 Å². The van der Waals surface area contributed by atoms with E-state index < -0.39 is 0 Å². The molecule has 20 heavy (non-hydrogen) atoms. The first-order valence-corrected chi connectivity index (χ1v) is 8.20. The summed E-state index contributed by atoms with van der Waals surface area (Å²) in [5, 5.41) is 0.